The molecule has 1 saturated heterocycles. The van der Waals surface area contributed by atoms with Crippen molar-refractivity contribution in [2.24, 2.45) is 0 Å². The second-order valence-corrected chi connectivity index (χ2v) is 5.35. The number of fused-ring (bicyclic) bond motifs is 1. The van der Waals surface area contributed by atoms with Crippen LogP contribution in [0.5, 0.6) is 0 Å². The molecule has 0 radical (unpaired) electrons. The third kappa shape index (κ3) is 3.24. The van der Waals surface area contributed by atoms with Crippen molar-refractivity contribution in [3.05, 3.63) is 48.0 Å². The molecule has 0 spiro atoms. The van der Waals surface area contributed by atoms with Crippen molar-refractivity contribution in [1.82, 2.24) is 10.6 Å². The largest absolute Gasteiger partial charge is 0.394 e. The molecule has 0 saturated carbocycles. The van der Waals surface area contributed by atoms with Crippen molar-refractivity contribution in [2.45, 2.75) is 12.1 Å². The van der Waals surface area contributed by atoms with Crippen LogP contribution in [0.3, 0.4) is 0 Å². The first-order valence-corrected chi connectivity index (χ1v) is 7.54. The van der Waals surface area contributed by atoms with E-state index in [4.69, 9.17) is 9.84 Å². The van der Waals surface area contributed by atoms with Crippen LogP contribution in [-0.4, -0.2) is 44.0 Å². The third-order valence-corrected chi connectivity index (χ3v) is 3.96. The van der Waals surface area contributed by atoms with Crippen LogP contribution in [-0.2, 0) is 4.74 Å². The van der Waals surface area contributed by atoms with Crippen LogP contribution in [0.15, 0.2) is 42.5 Å². The van der Waals surface area contributed by atoms with Crippen molar-refractivity contribution in [3.8, 4) is 0 Å². The summed E-state index contributed by atoms with van der Waals surface area (Å²) < 4.78 is 5.97. The molecule has 4 heteroatoms. The number of piperazine rings is 1. The van der Waals surface area contributed by atoms with Gasteiger partial charge in [0.15, 0.2) is 0 Å². The Balaban J connectivity index is 1.96. The maximum Gasteiger partial charge on any atom is 0.0997 e. The summed E-state index contributed by atoms with van der Waals surface area (Å²) >= 11 is 0. The number of hydrogen-bond acceptors (Lipinski definition) is 4. The number of aliphatic hydroxyl groups is 1. The van der Waals surface area contributed by atoms with E-state index in [0.717, 1.165) is 19.6 Å². The quantitative estimate of drug-likeness (QED) is 0.779. The summed E-state index contributed by atoms with van der Waals surface area (Å²) in [5.41, 5.74) is 1.18. The van der Waals surface area contributed by atoms with Gasteiger partial charge in [-0.15, -0.1) is 0 Å². The van der Waals surface area contributed by atoms with Gasteiger partial charge in [0.2, 0.25) is 0 Å². The monoisotopic (exact) mass is 286 g/mol. The lowest BCUT2D eigenvalue weighted by Crippen LogP contribution is -2.51. The zero-order valence-electron chi connectivity index (χ0n) is 12.1. The van der Waals surface area contributed by atoms with E-state index in [1.165, 1.54) is 16.3 Å². The van der Waals surface area contributed by atoms with Crippen LogP contribution in [0.1, 0.15) is 11.7 Å². The molecule has 112 valence electrons. The average molecular weight is 286 g/mol. The maximum atomic E-state index is 9.11. The highest BCUT2D eigenvalue weighted by atomic mass is 16.5. The summed E-state index contributed by atoms with van der Waals surface area (Å²) in [5, 5.41) is 18.5. The molecule has 2 atom stereocenters. The van der Waals surface area contributed by atoms with Gasteiger partial charge in [-0.05, 0) is 16.3 Å². The van der Waals surface area contributed by atoms with Gasteiger partial charge < -0.3 is 20.5 Å². The molecule has 1 fully saturated rings. The summed E-state index contributed by atoms with van der Waals surface area (Å²) in [6, 6.07) is 14.9. The molecule has 1 aliphatic heterocycles. The van der Waals surface area contributed by atoms with Gasteiger partial charge >= 0.3 is 0 Å². The highest BCUT2D eigenvalue weighted by Crippen LogP contribution is 2.29. The van der Waals surface area contributed by atoms with Crippen LogP contribution >= 0.6 is 0 Å². The van der Waals surface area contributed by atoms with E-state index >= 15 is 0 Å². The molecule has 3 rings (SSSR count). The predicted molar refractivity (Wildman–Crippen MR) is 84.4 cm³/mol. The summed E-state index contributed by atoms with van der Waals surface area (Å²) in [6.45, 7) is 3.19. The van der Waals surface area contributed by atoms with Crippen LogP contribution in [0.4, 0.5) is 0 Å². The van der Waals surface area contributed by atoms with Crippen LogP contribution in [0, 0.1) is 0 Å². The highest BCUT2D eigenvalue weighted by Gasteiger charge is 2.26. The Morgan fingerprint density at radius 3 is 2.81 bits per heavy atom. The minimum atomic E-state index is -0.0592. The van der Waals surface area contributed by atoms with Gasteiger partial charge in [0.1, 0.15) is 0 Å². The van der Waals surface area contributed by atoms with Gasteiger partial charge in [-0.1, -0.05) is 42.5 Å². The Morgan fingerprint density at radius 1 is 1.14 bits per heavy atom. The van der Waals surface area contributed by atoms with Crippen molar-refractivity contribution in [3.63, 3.8) is 0 Å². The molecule has 0 amide bonds. The minimum Gasteiger partial charge on any atom is -0.394 e. The van der Waals surface area contributed by atoms with Gasteiger partial charge in [0.05, 0.1) is 25.4 Å². The smallest absolute Gasteiger partial charge is 0.0997 e. The third-order valence-electron chi connectivity index (χ3n) is 3.96. The van der Waals surface area contributed by atoms with E-state index in [-0.39, 0.29) is 18.8 Å². The lowest BCUT2D eigenvalue weighted by molar-refractivity contribution is 0.00358. The minimum absolute atomic E-state index is 0.0431. The van der Waals surface area contributed by atoms with Crippen molar-refractivity contribution in [2.75, 3.05) is 32.8 Å². The zero-order chi connectivity index (χ0) is 14.5. The fourth-order valence-corrected chi connectivity index (χ4v) is 2.99. The van der Waals surface area contributed by atoms with Crippen molar-refractivity contribution in [1.29, 1.82) is 0 Å². The molecule has 2 aromatic rings. The second-order valence-electron chi connectivity index (χ2n) is 5.35. The fraction of sp³-hybridized carbons (Fsp3) is 0.412. The van der Waals surface area contributed by atoms with Crippen LogP contribution < -0.4 is 10.6 Å². The van der Waals surface area contributed by atoms with E-state index in [1.54, 1.807) is 0 Å². The predicted octanol–water partition coefficient (Wildman–Crippen LogP) is 1.45. The molecule has 0 aliphatic carbocycles. The molecule has 2 aromatic carbocycles. The molecular formula is C17H22N2O2. The maximum absolute atomic E-state index is 9.11. The topological polar surface area (TPSA) is 53.5 Å². The molecule has 1 aliphatic rings. The van der Waals surface area contributed by atoms with Crippen LogP contribution in [0.2, 0.25) is 0 Å². The number of aliphatic hydroxyl groups excluding tert-OH is 1. The molecule has 2 unspecified atom stereocenters. The van der Waals surface area contributed by atoms with E-state index < -0.39 is 0 Å². The Morgan fingerprint density at radius 2 is 2.00 bits per heavy atom. The first kappa shape index (κ1) is 14.5. The molecule has 0 bridgehead atoms. The highest BCUT2D eigenvalue weighted by molar-refractivity contribution is 5.86. The molecular weight excluding hydrogens is 264 g/mol. The number of hydrogen-bond donors (Lipinski definition) is 3. The van der Waals surface area contributed by atoms with E-state index in [0.29, 0.717) is 6.61 Å². The standard InChI is InChI=1S/C17H22N2O2/c20-10-11-21-17(16-12-18-8-9-19-16)15-7-3-5-13-4-1-2-6-14(13)15/h1-7,16-20H,8-12H2. The normalized spacial score (nSPS) is 20.5. The summed E-state index contributed by atoms with van der Waals surface area (Å²) in [7, 11) is 0. The van der Waals surface area contributed by atoms with E-state index in [1.807, 2.05) is 0 Å². The number of nitrogens with one attached hydrogen (secondary N) is 2. The molecule has 1 heterocycles. The van der Waals surface area contributed by atoms with Gasteiger partial charge in [0, 0.05) is 19.6 Å². The van der Waals surface area contributed by atoms with Gasteiger partial charge in [0.25, 0.3) is 0 Å². The number of rotatable bonds is 5. The fourth-order valence-electron chi connectivity index (χ4n) is 2.99. The number of ether oxygens (including phenoxy) is 1. The van der Waals surface area contributed by atoms with Gasteiger partial charge in [-0.2, -0.15) is 0 Å². The first-order chi connectivity index (χ1) is 10.4. The summed E-state index contributed by atoms with van der Waals surface area (Å²) in [5.74, 6) is 0. The SMILES string of the molecule is OCCOC(c1cccc2ccccc12)C1CNCCN1. The average Bonchev–Trinajstić information content (AvgIpc) is 2.56. The van der Waals surface area contributed by atoms with E-state index in [9.17, 15) is 0 Å². The second kappa shape index (κ2) is 7.00. The lowest BCUT2D eigenvalue weighted by Gasteiger charge is -2.32. The van der Waals surface area contributed by atoms with Crippen molar-refractivity contribution >= 4 is 10.8 Å². The molecule has 3 N–H and O–H groups in total. The Kier molecular flexibility index (Phi) is 4.83. The zero-order valence-corrected chi connectivity index (χ0v) is 12.1. The van der Waals surface area contributed by atoms with Crippen LogP contribution in [0.25, 0.3) is 10.8 Å². The lowest BCUT2D eigenvalue weighted by atomic mass is 9.95. The number of benzene rings is 2. The van der Waals surface area contributed by atoms with E-state index in [2.05, 4.69) is 53.1 Å². The Bertz CT molecular complexity index is 577. The summed E-state index contributed by atoms with van der Waals surface area (Å²) in [6.07, 6.45) is -0.0592. The summed E-state index contributed by atoms with van der Waals surface area (Å²) in [4.78, 5) is 0. The molecule has 21 heavy (non-hydrogen) atoms. The molecule has 4 nitrogen and oxygen atoms in total. The Hall–Kier alpha value is -1.46. The molecule has 0 aromatic heterocycles. The van der Waals surface area contributed by atoms with Crippen molar-refractivity contribution < 1.29 is 9.84 Å². The van der Waals surface area contributed by atoms with Gasteiger partial charge in [-0.3, -0.25) is 0 Å². The first-order valence-electron chi connectivity index (χ1n) is 7.54. The van der Waals surface area contributed by atoms with Gasteiger partial charge in [-0.25, -0.2) is 0 Å². The Labute approximate surface area is 125 Å².